The quantitative estimate of drug-likeness (QED) is 0.644. The zero-order chi connectivity index (χ0) is 22.5. The predicted octanol–water partition coefficient (Wildman–Crippen LogP) is 5.01. The minimum Gasteiger partial charge on any atom is -0.484 e. The van der Waals surface area contributed by atoms with Crippen LogP contribution >= 0.6 is 23.2 Å². The summed E-state index contributed by atoms with van der Waals surface area (Å²) in [5.41, 5.74) is 1.39. The van der Waals surface area contributed by atoms with Crippen LogP contribution in [0.3, 0.4) is 0 Å². The molecule has 1 atom stereocenters. The highest BCUT2D eigenvalue weighted by molar-refractivity contribution is 6.42. The van der Waals surface area contributed by atoms with E-state index in [1.807, 2.05) is 45.9 Å². The van der Waals surface area contributed by atoms with Gasteiger partial charge in [-0.15, -0.1) is 0 Å². The second-order valence-electron chi connectivity index (χ2n) is 8.29. The van der Waals surface area contributed by atoms with Crippen molar-refractivity contribution in [2.24, 2.45) is 0 Å². The number of ether oxygens (including phenoxy) is 1. The molecule has 0 aliphatic rings. The first-order valence-corrected chi connectivity index (χ1v) is 10.5. The van der Waals surface area contributed by atoms with Crippen molar-refractivity contribution in [2.75, 3.05) is 6.61 Å². The number of halogens is 2. The van der Waals surface area contributed by atoms with E-state index in [0.29, 0.717) is 15.8 Å². The van der Waals surface area contributed by atoms with E-state index in [4.69, 9.17) is 27.9 Å². The van der Waals surface area contributed by atoms with Crippen LogP contribution in [-0.4, -0.2) is 34.9 Å². The number of benzene rings is 2. The average Bonchev–Trinajstić information content (AvgIpc) is 2.65. The van der Waals surface area contributed by atoms with Crippen molar-refractivity contribution in [2.45, 2.75) is 52.7 Å². The van der Waals surface area contributed by atoms with Gasteiger partial charge in [-0.25, -0.2) is 0 Å². The summed E-state index contributed by atoms with van der Waals surface area (Å²) in [6.07, 6.45) is 0. The minimum absolute atomic E-state index is 0.183. The average molecular weight is 451 g/mol. The van der Waals surface area contributed by atoms with Crippen molar-refractivity contribution in [3.05, 3.63) is 63.6 Å². The molecule has 0 aliphatic heterocycles. The van der Waals surface area contributed by atoms with Gasteiger partial charge in [-0.05, 0) is 70.0 Å². The number of aryl methyl sites for hydroxylation is 1. The smallest absolute Gasteiger partial charge is 0.261 e. The Labute approximate surface area is 188 Å². The van der Waals surface area contributed by atoms with E-state index in [1.165, 1.54) is 4.90 Å². The molecule has 0 radical (unpaired) electrons. The SMILES string of the molecule is Cc1cccc(OCC(=O)N(Cc2ccc(Cl)c(Cl)c2)[C@@H](C)C(=O)NC(C)(C)C)c1. The molecule has 1 N–H and O–H groups in total. The number of rotatable bonds is 7. The summed E-state index contributed by atoms with van der Waals surface area (Å²) in [5.74, 6) is 0.0511. The van der Waals surface area contributed by atoms with E-state index in [9.17, 15) is 9.59 Å². The zero-order valence-corrected chi connectivity index (χ0v) is 19.5. The van der Waals surface area contributed by atoms with Crippen LogP contribution in [0.15, 0.2) is 42.5 Å². The van der Waals surface area contributed by atoms with Crippen LogP contribution in [0.5, 0.6) is 5.75 Å². The molecule has 0 saturated carbocycles. The van der Waals surface area contributed by atoms with Crippen LogP contribution in [0.4, 0.5) is 0 Å². The van der Waals surface area contributed by atoms with E-state index in [1.54, 1.807) is 31.2 Å². The van der Waals surface area contributed by atoms with Crippen molar-refractivity contribution in [3.63, 3.8) is 0 Å². The minimum atomic E-state index is -0.702. The molecular weight excluding hydrogens is 423 g/mol. The second kappa shape index (κ2) is 10.2. The van der Waals surface area contributed by atoms with Crippen molar-refractivity contribution in [3.8, 4) is 5.75 Å². The number of nitrogens with one attached hydrogen (secondary N) is 1. The molecular formula is C23H28Cl2N2O3. The Morgan fingerprint density at radius 1 is 1.10 bits per heavy atom. The Balaban J connectivity index is 2.20. The lowest BCUT2D eigenvalue weighted by molar-refractivity contribution is -0.142. The van der Waals surface area contributed by atoms with Crippen LogP contribution in [-0.2, 0) is 16.1 Å². The summed E-state index contributed by atoms with van der Waals surface area (Å²) in [4.78, 5) is 27.3. The third kappa shape index (κ3) is 7.22. The maximum absolute atomic E-state index is 13.0. The third-order valence-corrected chi connectivity index (χ3v) is 5.09. The van der Waals surface area contributed by atoms with Crippen LogP contribution < -0.4 is 10.1 Å². The first kappa shape index (κ1) is 24.0. The fourth-order valence-corrected chi connectivity index (χ4v) is 3.15. The van der Waals surface area contributed by atoms with Crippen molar-refractivity contribution in [1.29, 1.82) is 0 Å². The molecule has 7 heteroatoms. The number of nitrogens with zero attached hydrogens (tertiary/aromatic N) is 1. The second-order valence-corrected chi connectivity index (χ2v) is 9.10. The maximum atomic E-state index is 13.0. The highest BCUT2D eigenvalue weighted by atomic mass is 35.5. The van der Waals surface area contributed by atoms with Gasteiger partial charge >= 0.3 is 0 Å². The van der Waals surface area contributed by atoms with Gasteiger partial charge in [0.15, 0.2) is 6.61 Å². The molecule has 0 aliphatic carbocycles. The van der Waals surface area contributed by atoms with Crippen molar-refractivity contribution < 1.29 is 14.3 Å². The van der Waals surface area contributed by atoms with Crippen molar-refractivity contribution in [1.82, 2.24) is 10.2 Å². The number of carbonyl (C=O) groups is 2. The standard InChI is InChI=1S/C23H28Cl2N2O3/c1-15-7-6-8-18(11-15)30-14-21(28)27(16(2)22(29)26-23(3,4)5)13-17-9-10-19(24)20(25)12-17/h6-12,16H,13-14H2,1-5H3,(H,26,29)/t16-/m0/s1. The summed E-state index contributed by atoms with van der Waals surface area (Å²) in [6, 6.07) is 11.9. The monoisotopic (exact) mass is 450 g/mol. The molecule has 2 amide bonds. The highest BCUT2D eigenvalue weighted by Crippen LogP contribution is 2.24. The Morgan fingerprint density at radius 2 is 1.80 bits per heavy atom. The maximum Gasteiger partial charge on any atom is 0.261 e. The lowest BCUT2D eigenvalue weighted by Gasteiger charge is -2.31. The Bertz CT molecular complexity index is 910. The predicted molar refractivity (Wildman–Crippen MR) is 121 cm³/mol. The summed E-state index contributed by atoms with van der Waals surface area (Å²) < 4.78 is 5.67. The zero-order valence-electron chi connectivity index (χ0n) is 18.0. The molecule has 0 saturated heterocycles. The fraction of sp³-hybridized carbons (Fsp3) is 0.391. The third-order valence-electron chi connectivity index (χ3n) is 4.35. The van der Waals surface area contributed by atoms with E-state index in [0.717, 1.165) is 11.1 Å². The van der Waals surface area contributed by atoms with Gasteiger partial charge < -0.3 is 15.0 Å². The lowest BCUT2D eigenvalue weighted by Crippen LogP contribution is -2.53. The van der Waals surface area contributed by atoms with Gasteiger partial charge in [0.05, 0.1) is 10.0 Å². The topological polar surface area (TPSA) is 58.6 Å². The molecule has 30 heavy (non-hydrogen) atoms. The molecule has 0 unspecified atom stereocenters. The fourth-order valence-electron chi connectivity index (χ4n) is 2.82. The highest BCUT2D eigenvalue weighted by Gasteiger charge is 2.28. The Kier molecular flexibility index (Phi) is 8.16. The summed E-state index contributed by atoms with van der Waals surface area (Å²) >= 11 is 12.1. The van der Waals surface area contributed by atoms with Crippen LogP contribution in [0.2, 0.25) is 10.0 Å². The number of hydrogen-bond acceptors (Lipinski definition) is 3. The van der Waals surface area contributed by atoms with E-state index < -0.39 is 11.6 Å². The van der Waals surface area contributed by atoms with Gasteiger partial charge in [0.1, 0.15) is 11.8 Å². The van der Waals surface area contributed by atoms with Crippen molar-refractivity contribution >= 4 is 35.0 Å². The van der Waals surface area contributed by atoms with Crippen LogP contribution in [0.25, 0.3) is 0 Å². The summed E-state index contributed by atoms with van der Waals surface area (Å²) in [5, 5.41) is 3.74. The van der Waals surface area contributed by atoms with Gasteiger partial charge in [-0.2, -0.15) is 0 Å². The van der Waals surface area contributed by atoms with Gasteiger partial charge in [0, 0.05) is 12.1 Å². The molecule has 0 fully saturated rings. The Morgan fingerprint density at radius 3 is 2.40 bits per heavy atom. The Hall–Kier alpha value is -2.24. The lowest BCUT2D eigenvalue weighted by atomic mass is 10.1. The number of hydrogen-bond donors (Lipinski definition) is 1. The molecule has 0 aromatic heterocycles. The van der Waals surface area contributed by atoms with Gasteiger partial charge in [0.25, 0.3) is 5.91 Å². The molecule has 0 heterocycles. The van der Waals surface area contributed by atoms with Crippen LogP contribution in [0, 0.1) is 6.92 Å². The molecule has 162 valence electrons. The van der Waals surface area contributed by atoms with Crippen LogP contribution in [0.1, 0.15) is 38.8 Å². The van der Waals surface area contributed by atoms with Gasteiger partial charge in [-0.1, -0.05) is 41.4 Å². The number of amides is 2. The largest absolute Gasteiger partial charge is 0.484 e. The summed E-state index contributed by atoms with van der Waals surface area (Å²) in [7, 11) is 0. The molecule has 2 rings (SSSR count). The van der Waals surface area contributed by atoms with E-state index >= 15 is 0 Å². The van der Waals surface area contributed by atoms with E-state index in [-0.39, 0.29) is 25.0 Å². The summed E-state index contributed by atoms with van der Waals surface area (Å²) in [6.45, 7) is 9.34. The van der Waals surface area contributed by atoms with E-state index in [2.05, 4.69) is 5.32 Å². The normalized spacial score (nSPS) is 12.2. The molecule has 2 aromatic rings. The molecule has 0 spiro atoms. The van der Waals surface area contributed by atoms with Gasteiger partial charge in [-0.3, -0.25) is 9.59 Å². The molecule has 2 aromatic carbocycles. The first-order chi connectivity index (χ1) is 14.0. The first-order valence-electron chi connectivity index (χ1n) is 9.71. The molecule has 0 bridgehead atoms. The molecule has 5 nitrogen and oxygen atoms in total. The number of carbonyl (C=O) groups excluding carboxylic acids is 2. The van der Waals surface area contributed by atoms with Gasteiger partial charge in [0.2, 0.25) is 5.91 Å².